The van der Waals surface area contributed by atoms with Gasteiger partial charge in [0.2, 0.25) is 5.56 Å². The Balaban J connectivity index is 0.000000845. The van der Waals surface area contributed by atoms with Crippen LogP contribution in [-0.4, -0.2) is 18.1 Å². The third kappa shape index (κ3) is 2.32. The fourth-order valence-corrected chi connectivity index (χ4v) is 1.57. The molecule has 0 unspecified atom stereocenters. The lowest BCUT2D eigenvalue weighted by Gasteiger charge is -2.01. The van der Waals surface area contributed by atoms with Crippen molar-refractivity contribution in [1.82, 2.24) is 10.3 Å². The van der Waals surface area contributed by atoms with Crippen molar-refractivity contribution >= 4 is 12.4 Å². The molecule has 0 aliphatic carbocycles. The van der Waals surface area contributed by atoms with Crippen molar-refractivity contribution in [3.8, 4) is 0 Å². The van der Waals surface area contributed by atoms with Crippen LogP contribution in [0.1, 0.15) is 11.3 Å². The molecule has 1 aromatic heterocycles. The van der Waals surface area contributed by atoms with Crippen LogP contribution in [0.5, 0.6) is 0 Å². The van der Waals surface area contributed by atoms with Crippen LogP contribution < -0.4 is 10.9 Å². The Bertz CT molecular complexity index is 335. The highest BCUT2D eigenvalue weighted by atomic mass is 35.5. The smallest absolute Gasteiger partial charge is 0.248 e. The third-order valence-corrected chi connectivity index (χ3v) is 2.22. The summed E-state index contributed by atoms with van der Waals surface area (Å²) in [7, 11) is 0. The summed E-state index contributed by atoms with van der Waals surface area (Å²) in [4.78, 5) is 13.8. The standard InChI is InChI=1S/C9H12N2O.ClH/c12-9-2-1-7-3-5-10-6-4-8(7)11-9;/h1-2,10H,3-6H2,(H,11,12);1H. The van der Waals surface area contributed by atoms with Gasteiger partial charge in [0.1, 0.15) is 0 Å². The van der Waals surface area contributed by atoms with Gasteiger partial charge in [-0.15, -0.1) is 12.4 Å². The molecule has 72 valence electrons. The van der Waals surface area contributed by atoms with E-state index >= 15 is 0 Å². The van der Waals surface area contributed by atoms with Crippen LogP contribution in [0.3, 0.4) is 0 Å². The van der Waals surface area contributed by atoms with E-state index in [0.717, 1.165) is 31.6 Å². The van der Waals surface area contributed by atoms with Crippen molar-refractivity contribution in [2.45, 2.75) is 12.8 Å². The highest BCUT2D eigenvalue weighted by Crippen LogP contribution is 2.06. The number of nitrogens with one attached hydrogen (secondary N) is 2. The van der Waals surface area contributed by atoms with Gasteiger partial charge in [-0.05, 0) is 18.5 Å². The second-order valence-electron chi connectivity index (χ2n) is 3.08. The Morgan fingerprint density at radius 1 is 1.15 bits per heavy atom. The maximum absolute atomic E-state index is 11.0. The summed E-state index contributed by atoms with van der Waals surface area (Å²) in [5, 5.41) is 3.29. The number of H-pyrrole nitrogens is 1. The van der Waals surface area contributed by atoms with E-state index in [-0.39, 0.29) is 18.0 Å². The van der Waals surface area contributed by atoms with Crippen LogP contribution in [0.4, 0.5) is 0 Å². The van der Waals surface area contributed by atoms with Crippen LogP contribution >= 0.6 is 12.4 Å². The summed E-state index contributed by atoms with van der Waals surface area (Å²) in [6.45, 7) is 1.98. The molecule has 0 radical (unpaired) electrons. The third-order valence-electron chi connectivity index (χ3n) is 2.22. The van der Waals surface area contributed by atoms with E-state index in [1.54, 1.807) is 6.07 Å². The van der Waals surface area contributed by atoms with Crippen LogP contribution in [0.15, 0.2) is 16.9 Å². The predicted molar refractivity (Wildman–Crippen MR) is 54.6 cm³/mol. The van der Waals surface area contributed by atoms with Gasteiger partial charge in [-0.1, -0.05) is 6.07 Å². The molecule has 0 bridgehead atoms. The van der Waals surface area contributed by atoms with Crippen molar-refractivity contribution < 1.29 is 0 Å². The van der Waals surface area contributed by atoms with Crippen molar-refractivity contribution in [3.05, 3.63) is 33.7 Å². The van der Waals surface area contributed by atoms with Gasteiger partial charge in [-0.3, -0.25) is 4.79 Å². The van der Waals surface area contributed by atoms with Crippen LogP contribution in [0.25, 0.3) is 0 Å². The zero-order valence-corrected chi connectivity index (χ0v) is 8.12. The maximum atomic E-state index is 11.0. The number of hydrogen-bond donors (Lipinski definition) is 2. The van der Waals surface area contributed by atoms with Crippen LogP contribution in [0.2, 0.25) is 0 Å². The number of rotatable bonds is 0. The van der Waals surface area contributed by atoms with Gasteiger partial charge in [0.05, 0.1) is 0 Å². The Morgan fingerprint density at radius 2 is 1.92 bits per heavy atom. The molecule has 0 amide bonds. The van der Waals surface area contributed by atoms with Gasteiger partial charge in [0.25, 0.3) is 0 Å². The first-order valence-electron chi connectivity index (χ1n) is 4.28. The van der Waals surface area contributed by atoms with Gasteiger partial charge in [0, 0.05) is 24.7 Å². The van der Waals surface area contributed by atoms with Crippen molar-refractivity contribution in [1.29, 1.82) is 0 Å². The number of pyridine rings is 1. The SMILES string of the molecule is Cl.O=c1ccc2c([nH]1)CCNCC2. The number of hydrogen-bond acceptors (Lipinski definition) is 2. The first-order chi connectivity index (χ1) is 5.86. The number of halogens is 1. The van der Waals surface area contributed by atoms with Gasteiger partial charge in [-0.25, -0.2) is 0 Å². The molecule has 0 saturated heterocycles. The molecule has 2 rings (SSSR count). The molecule has 1 aliphatic rings. The second-order valence-corrected chi connectivity index (χ2v) is 3.08. The van der Waals surface area contributed by atoms with E-state index in [0.29, 0.717) is 0 Å². The maximum Gasteiger partial charge on any atom is 0.248 e. The van der Waals surface area contributed by atoms with Gasteiger partial charge < -0.3 is 10.3 Å². The minimum atomic E-state index is 0. The minimum absolute atomic E-state index is 0. The van der Waals surface area contributed by atoms with E-state index in [4.69, 9.17) is 0 Å². The Hall–Kier alpha value is -0.800. The van der Waals surface area contributed by atoms with E-state index in [1.165, 1.54) is 5.56 Å². The van der Waals surface area contributed by atoms with E-state index in [9.17, 15) is 4.79 Å². The zero-order chi connectivity index (χ0) is 8.39. The second kappa shape index (κ2) is 4.44. The highest BCUT2D eigenvalue weighted by Gasteiger charge is 2.06. The normalized spacial score (nSPS) is 15.4. The van der Waals surface area contributed by atoms with Crippen molar-refractivity contribution in [2.75, 3.05) is 13.1 Å². The summed E-state index contributed by atoms with van der Waals surface area (Å²) in [5.41, 5.74) is 2.39. The quantitative estimate of drug-likeness (QED) is 0.640. The molecule has 0 saturated carbocycles. The molecule has 3 nitrogen and oxygen atoms in total. The summed E-state index contributed by atoms with van der Waals surface area (Å²) < 4.78 is 0. The molecule has 13 heavy (non-hydrogen) atoms. The average molecular weight is 201 g/mol. The largest absolute Gasteiger partial charge is 0.326 e. The molecular formula is C9H13ClN2O. The lowest BCUT2D eigenvalue weighted by molar-refractivity contribution is 0.708. The van der Waals surface area contributed by atoms with Crippen molar-refractivity contribution in [3.63, 3.8) is 0 Å². The molecule has 2 heterocycles. The van der Waals surface area contributed by atoms with Crippen LogP contribution in [0, 0.1) is 0 Å². The highest BCUT2D eigenvalue weighted by molar-refractivity contribution is 5.85. The van der Waals surface area contributed by atoms with E-state index in [2.05, 4.69) is 10.3 Å². The molecule has 0 aromatic carbocycles. The fourth-order valence-electron chi connectivity index (χ4n) is 1.57. The Kier molecular flexibility index (Phi) is 3.51. The van der Waals surface area contributed by atoms with E-state index in [1.807, 2.05) is 6.07 Å². The van der Waals surface area contributed by atoms with E-state index < -0.39 is 0 Å². The predicted octanol–water partition coefficient (Wildman–Crippen LogP) is 0.485. The summed E-state index contributed by atoms with van der Waals surface area (Å²) >= 11 is 0. The summed E-state index contributed by atoms with van der Waals surface area (Å²) in [6.07, 6.45) is 1.96. The number of aromatic nitrogens is 1. The molecule has 1 aromatic rings. The zero-order valence-electron chi connectivity index (χ0n) is 7.30. The number of aromatic amines is 1. The topological polar surface area (TPSA) is 44.9 Å². The molecular weight excluding hydrogens is 188 g/mol. The summed E-state index contributed by atoms with van der Waals surface area (Å²) in [5.74, 6) is 0. The van der Waals surface area contributed by atoms with Gasteiger partial charge in [-0.2, -0.15) is 0 Å². The molecule has 4 heteroatoms. The Morgan fingerprint density at radius 3 is 2.77 bits per heavy atom. The van der Waals surface area contributed by atoms with Gasteiger partial charge in [0.15, 0.2) is 0 Å². The average Bonchev–Trinajstić information content (AvgIpc) is 2.28. The van der Waals surface area contributed by atoms with Crippen molar-refractivity contribution in [2.24, 2.45) is 0 Å². The lowest BCUT2D eigenvalue weighted by Crippen LogP contribution is -2.16. The molecule has 2 N–H and O–H groups in total. The first kappa shape index (κ1) is 10.3. The monoisotopic (exact) mass is 200 g/mol. The minimum Gasteiger partial charge on any atom is -0.326 e. The molecule has 1 aliphatic heterocycles. The molecule has 0 fully saturated rings. The Labute approximate surface area is 83.0 Å². The fraction of sp³-hybridized carbons (Fsp3) is 0.444. The first-order valence-corrected chi connectivity index (χ1v) is 4.28. The molecule has 0 atom stereocenters. The number of fused-ring (bicyclic) bond motifs is 1. The molecule has 0 spiro atoms. The van der Waals surface area contributed by atoms with Gasteiger partial charge >= 0.3 is 0 Å². The lowest BCUT2D eigenvalue weighted by atomic mass is 10.1. The van der Waals surface area contributed by atoms with Crippen LogP contribution in [-0.2, 0) is 12.8 Å². The summed E-state index contributed by atoms with van der Waals surface area (Å²) in [6, 6.07) is 3.53.